The van der Waals surface area contributed by atoms with Crippen LogP contribution in [0.1, 0.15) is 13.8 Å². The van der Waals surface area contributed by atoms with Crippen LogP contribution in [-0.2, 0) is 9.59 Å². The molecule has 0 radical (unpaired) electrons. The Morgan fingerprint density at radius 3 is 2.08 bits per heavy atom. The van der Waals surface area contributed by atoms with Gasteiger partial charge in [-0.2, -0.15) is 0 Å². The van der Waals surface area contributed by atoms with Gasteiger partial charge in [-0.05, 0) is 17.0 Å². The van der Waals surface area contributed by atoms with Crippen molar-refractivity contribution in [2.45, 2.75) is 13.8 Å². The van der Waals surface area contributed by atoms with Gasteiger partial charge in [-0.1, -0.05) is 54.6 Å². The fourth-order valence-electron chi connectivity index (χ4n) is 2.65. The van der Waals surface area contributed by atoms with Gasteiger partial charge in [0.2, 0.25) is 0 Å². The summed E-state index contributed by atoms with van der Waals surface area (Å²) in [5, 5.41) is 1.60. The maximum absolute atomic E-state index is 11.6. The van der Waals surface area contributed by atoms with Gasteiger partial charge in [-0.25, -0.2) is 0 Å². The molecule has 4 nitrogen and oxygen atoms in total. The summed E-state index contributed by atoms with van der Waals surface area (Å²) in [6.07, 6.45) is 0. The largest absolute Gasteiger partial charge is 0.426 e. The van der Waals surface area contributed by atoms with Crippen LogP contribution in [0.3, 0.4) is 0 Å². The minimum Gasteiger partial charge on any atom is -0.426 e. The molecular formula is C20H16O4. The summed E-state index contributed by atoms with van der Waals surface area (Å²) in [6.45, 7) is 2.69. The molecule has 0 heterocycles. The normalized spacial score (nSPS) is 10.4. The van der Waals surface area contributed by atoms with E-state index >= 15 is 0 Å². The third-order valence-electron chi connectivity index (χ3n) is 3.53. The van der Waals surface area contributed by atoms with Gasteiger partial charge in [0.15, 0.2) is 0 Å². The highest BCUT2D eigenvalue weighted by Crippen LogP contribution is 2.44. The van der Waals surface area contributed by atoms with E-state index in [-0.39, 0.29) is 0 Å². The first kappa shape index (κ1) is 15.7. The Kier molecular flexibility index (Phi) is 4.29. The van der Waals surface area contributed by atoms with E-state index in [1.165, 1.54) is 13.8 Å². The predicted octanol–water partition coefficient (Wildman–Crippen LogP) is 4.36. The highest BCUT2D eigenvalue weighted by atomic mass is 16.5. The van der Waals surface area contributed by atoms with Gasteiger partial charge in [0, 0.05) is 19.2 Å². The molecular weight excluding hydrogens is 304 g/mol. The Morgan fingerprint density at radius 1 is 0.792 bits per heavy atom. The summed E-state index contributed by atoms with van der Waals surface area (Å²) in [6, 6.07) is 18.7. The molecule has 24 heavy (non-hydrogen) atoms. The van der Waals surface area contributed by atoms with Crippen molar-refractivity contribution < 1.29 is 19.1 Å². The standard InChI is InChI=1S/C20H16O4/c1-13(21)23-18-12-16-10-6-7-11-17(16)20(24-14(2)22)19(18)15-8-4-3-5-9-15/h3-12H,1-2H3. The van der Waals surface area contributed by atoms with Gasteiger partial charge in [0.25, 0.3) is 0 Å². The van der Waals surface area contributed by atoms with Gasteiger partial charge in [0.1, 0.15) is 11.5 Å². The average molecular weight is 320 g/mol. The first-order valence-electron chi connectivity index (χ1n) is 7.54. The van der Waals surface area contributed by atoms with Crippen molar-refractivity contribution in [3.8, 4) is 22.6 Å². The summed E-state index contributed by atoms with van der Waals surface area (Å²) in [5.74, 6) is -0.111. The molecule has 3 rings (SSSR count). The van der Waals surface area contributed by atoms with Gasteiger partial charge >= 0.3 is 11.9 Å². The van der Waals surface area contributed by atoms with Crippen LogP contribution in [-0.4, -0.2) is 11.9 Å². The molecule has 0 saturated heterocycles. The van der Waals surface area contributed by atoms with Crippen molar-refractivity contribution >= 4 is 22.7 Å². The lowest BCUT2D eigenvalue weighted by molar-refractivity contribution is -0.132. The van der Waals surface area contributed by atoms with E-state index in [2.05, 4.69) is 0 Å². The second-order valence-corrected chi connectivity index (χ2v) is 5.35. The lowest BCUT2D eigenvalue weighted by Gasteiger charge is -2.16. The minimum absolute atomic E-state index is 0.364. The molecule has 0 aliphatic heterocycles. The molecule has 0 amide bonds. The van der Waals surface area contributed by atoms with E-state index < -0.39 is 11.9 Å². The molecule has 0 fully saturated rings. The number of hydrogen-bond donors (Lipinski definition) is 0. The fraction of sp³-hybridized carbons (Fsp3) is 0.100. The summed E-state index contributed by atoms with van der Waals surface area (Å²) in [5.41, 5.74) is 1.38. The molecule has 4 heteroatoms. The third-order valence-corrected chi connectivity index (χ3v) is 3.53. The maximum Gasteiger partial charge on any atom is 0.308 e. The fourth-order valence-corrected chi connectivity index (χ4v) is 2.65. The number of carbonyl (C=O) groups excluding carboxylic acids is 2. The molecule has 0 saturated carbocycles. The van der Waals surface area contributed by atoms with Gasteiger partial charge in [-0.15, -0.1) is 0 Å². The molecule has 0 unspecified atom stereocenters. The Balaban J connectivity index is 2.38. The number of carbonyl (C=O) groups is 2. The zero-order valence-electron chi connectivity index (χ0n) is 13.4. The zero-order valence-corrected chi connectivity index (χ0v) is 13.4. The van der Waals surface area contributed by atoms with E-state index in [0.717, 1.165) is 16.3 Å². The van der Waals surface area contributed by atoms with Gasteiger partial charge < -0.3 is 9.47 Å². The molecule has 0 atom stereocenters. The van der Waals surface area contributed by atoms with Crippen LogP contribution in [0.2, 0.25) is 0 Å². The van der Waals surface area contributed by atoms with Crippen LogP contribution in [0.25, 0.3) is 21.9 Å². The summed E-state index contributed by atoms with van der Waals surface area (Å²) in [4.78, 5) is 23.2. The van der Waals surface area contributed by atoms with Gasteiger partial charge in [-0.3, -0.25) is 9.59 Å². The third kappa shape index (κ3) is 3.13. The highest BCUT2D eigenvalue weighted by molar-refractivity contribution is 6.00. The van der Waals surface area contributed by atoms with E-state index in [0.29, 0.717) is 17.1 Å². The van der Waals surface area contributed by atoms with E-state index in [9.17, 15) is 9.59 Å². The molecule has 3 aromatic rings. The van der Waals surface area contributed by atoms with Crippen LogP contribution >= 0.6 is 0 Å². The van der Waals surface area contributed by atoms with Gasteiger partial charge in [0.05, 0.1) is 5.56 Å². The lowest BCUT2D eigenvalue weighted by atomic mass is 9.98. The van der Waals surface area contributed by atoms with E-state index in [4.69, 9.17) is 9.47 Å². The topological polar surface area (TPSA) is 52.6 Å². The second kappa shape index (κ2) is 6.54. The number of hydrogen-bond acceptors (Lipinski definition) is 4. The minimum atomic E-state index is -0.434. The highest BCUT2D eigenvalue weighted by Gasteiger charge is 2.20. The number of fused-ring (bicyclic) bond motifs is 1. The van der Waals surface area contributed by atoms with Crippen LogP contribution in [0.5, 0.6) is 11.5 Å². The number of rotatable bonds is 3. The molecule has 0 spiro atoms. The van der Waals surface area contributed by atoms with E-state index in [1.54, 1.807) is 6.07 Å². The Bertz CT molecular complexity index is 914. The van der Waals surface area contributed by atoms with Crippen molar-refractivity contribution in [1.29, 1.82) is 0 Å². The maximum atomic E-state index is 11.6. The lowest BCUT2D eigenvalue weighted by Crippen LogP contribution is -2.07. The Morgan fingerprint density at radius 2 is 1.42 bits per heavy atom. The smallest absolute Gasteiger partial charge is 0.308 e. The molecule has 3 aromatic carbocycles. The summed E-state index contributed by atoms with van der Waals surface area (Å²) >= 11 is 0. The monoisotopic (exact) mass is 320 g/mol. The number of ether oxygens (including phenoxy) is 2. The molecule has 0 aliphatic rings. The first-order chi connectivity index (χ1) is 11.6. The zero-order chi connectivity index (χ0) is 17.1. The second-order valence-electron chi connectivity index (χ2n) is 5.35. The van der Waals surface area contributed by atoms with Crippen LogP contribution in [0.15, 0.2) is 60.7 Å². The molecule has 120 valence electrons. The van der Waals surface area contributed by atoms with Crippen LogP contribution in [0.4, 0.5) is 0 Å². The first-order valence-corrected chi connectivity index (χ1v) is 7.54. The van der Waals surface area contributed by atoms with Crippen molar-refractivity contribution in [3.05, 3.63) is 60.7 Å². The number of esters is 2. The van der Waals surface area contributed by atoms with Crippen LogP contribution in [0, 0.1) is 0 Å². The summed E-state index contributed by atoms with van der Waals surface area (Å²) in [7, 11) is 0. The van der Waals surface area contributed by atoms with Crippen LogP contribution < -0.4 is 9.47 Å². The number of benzene rings is 3. The SMILES string of the molecule is CC(=O)Oc1cc2ccccc2c(OC(C)=O)c1-c1ccccc1. The van der Waals surface area contributed by atoms with Crippen molar-refractivity contribution in [2.75, 3.05) is 0 Å². The van der Waals surface area contributed by atoms with E-state index in [1.807, 2.05) is 54.6 Å². The molecule has 0 bridgehead atoms. The Hall–Kier alpha value is -3.14. The molecule has 0 aliphatic carbocycles. The summed E-state index contributed by atoms with van der Waals surface area (Å²) < 4.78 is 10.9. The molecule has 0 N–H and O–H groups in total. The van der Waals surface area contributed by atoms with Crippen molar-refractivity contribution in [2.24, 2.45) is 0 Å². The van der Waals surface area contributed by atoms with Crippen molar-refractivity contribution in [1.82, 2.24) is 0 Å². The van der Waals surface area contributed by atoms with Crippen molar-refractivity contribution in [3.63, 3.8) is 0 Å². The average Bonchev–Trinajstić information content (AvgIpc) is 2.54. The Labute approximate surface area is 139 Å². The molecule has 0 aromatic heterocycles. The predicted molar refractivity (Wildman–Crippen MR) is 92.0 cm³/mol. The quantitative estimate of drug-likeness (QED) is 0.531.